The van der Waals surface area contributed by atoms with Crippen LogP contribution in [0.4, 0.5) is 5.69 Å². The van der Waals surface area contributed by atoms with Gasteiger partial charge in [0.15, 0.2) is 0 Å². The molecule has 2 aliphatic carbocycles. The quantitative estimate of drug-likeness (QED) is 0.583. The number of nitrogens with one attached hydrogen (secondary N) is 2. The Balaban J connectivity index is 1.58. The molecule has 0 radical (unpaired) electrons. The second kappa shape index (κ2) is 10.3. The Morgan fingerprint density at radius 1 is 0.862 bits per heavy atom. The largest absolute Gasteiger partial charge is 0.360 e. The summed E-state index contributed by atoms with van der Waals surface area (Å²) in [6, 6.07) is 2.05. The number of amides is 1. The fourth-order valence-corrected chi connectivity index (χ4v) is 5.42. The number of hydrogen-bond donors (Lipinski definition) is 2. The van der Waals surface area contributed by atoms with Crippen molar-refractivity contribution in [1.29, 1.82) is 0 Å². The molecule has 2 fully saturated rings. The molecule has 0 saturated heterocycles. The lowest BCUT2D eigenvalue weighted by Gasteiger charge is -2.24. The van der Waals surface area contributed by atoms with E-state index in [1.807, 2.05) is 18.5 Å². The van der Waals surface area contributed by atoms with Crippen LogP contribution in [0.25, 0.3) is 11.0 Å². The summed E-state index contributed by atoms with van der Waals surface area (Å²) in [4.78, 5) is 21.3. The third kappa shape index (κ3) is 5.21. The van der Waals surface area contributed by atoms with Crippen LogP contribution in [0.1, 0.15) is 108 Å². The number of aromatic amines is 1. The number of carbonyl (C=O) groups excluding carboxylic acids is 1. The average molecular weight is 396 g/mol. The first-order valence-electron chi connectivity index (χ1n) is 12.1. The molecule has 4 rings (SSSR count). The first kappa shape index (κ1) is 20.4. The minimum atomic E-state index is 0.151. The van der Waals surface area contributed by atoms with Gasteiger partial charge in [-0.2, -0.15) is 0 Å². The third-order valence-electron chi connectivity index (χ3n) is 7.11. The molecule has 2 saturated carbocycles. The van der Waals surface area contributed by atoms with Gasteiger partial charge in [-0.05, 0) is 37.7 Å². The van der Waals surface area contributed by atoms with Crippen molar-refractivity contribution in [2.45, 2.75) is 102 Å². The molecule has 2 heterocycles. The zero-order chi connectivity index (χ0) is 19.9. The first-order chi connectivity index (χ1) is 14.3. The zero-order valence-electron chi connectivity index (χ0n) is 17.8. The van der Waals surface area contributed by atoms with Crippen molar-refractivity contribution in [3.05, 3.63) is 24.0 Å². The lowest BCUT2D eigenvalue weighted by atomic mass is 9.85. The lowest BCUT2D eigenvalue weighted by Crippen LogP contribution is -2.24. The molecule has 0 atom stereocenters. The fourth-order valence-electron chi connectivity index (χ4n) is 5.42. The minimum Gasteiger partial charge on any atom is -0.360 e. The maximum Gasteiger partial charge on any atom is 0.227 e. The SMILES string of the molecule is O=C(Nc1cnc2cc[nH]c2c1C1CCCCCCC1)C1CCCCCCCC1. The van der Waals surface area contributed by atoms with Crippen LogP contribution < -0.4 is 5.32 Å². The molecule has 0 unspecified atom stereocenters. The summed E-state index contributed by atoms with van der Waals surface area (Å²) in [5.74, 6) is 0.875. The highest BCUT2D eigenvalue weighted by Gasteiger charge is 2.24. The van der Waals surface area contributed by atoms with Crippen molar-refractivity contribution in [2.75, 3.05) is 5.32 Å². The Morgan fingerprint density at radius 3 is 2.10 bits per heavy atom. The van der Waals surface area contributed by atoms with Gasteiger partial charge in [0, 0.05) is 17.7 Å². The number of pyridine rings is 1. The summed E-state index contributed by atoms with van der Waals surface area (Å²) < 4.78 is 0. The van der Waals surface area contributed by atoms with E-state index in [-0.39, 0.29) is 11.8 Å². The Labute approximate surface area is 175 Å². The second-order valence-corrected chi connectivity index (χ2v) is 9.25. The number of hydrogen-bond acceptors (Lipinski definition) is 2. The van der Waals surface area contributed by atoms with Crippen molar-refractivity contribution in [3.63, 3.8) is 0 Å². The molecule has 2 aromatic rings. The van der Waals surface area contributed by atoms with E-state index < -0.39 is 0 Å². The van der Waals surface area contributed by atoms with Gasteiger partial charge in [0.2, 0.25) is 5.91 Å². The van der Waals surface area contributed by atoms with Crippen molar-refractivity contribution in [2.24, 2.45) is 5.92 Å². The molecule has 2 aliphatic rings. The monoisotopic (exact) mass is 395 g/mol. The zero-order valence-corrected chi connectivity index (χ0v) is 17.8. The molecule has 0 bridgehead atoms. The second-order valence-electron chi connectivity index (χ2n) is 9.25. The predicted molar refractivity (Wildman–Crippen MR) is 120 cm³/mol. The van der Waals surface area contributed by atoms with Crippen LogP contribution >= 0.6 is 0 Å². The number of fused-ring (bicyclic) bond motifs is 1. The van der Waals surface area contributed by atoms with Crippen LogP contribution in [-0.2, 0) is 4.79 Å². The van der Waals surface area contributed by atoms with Crippen LogP contribution in [0.2, 0.25) is 0 Å². The molecular formula is C25H37N3O. The van der Waals surface area contributed by atoms with Gasteiger partial charge in [-0.25, -0.2) is 0 Å². The average Bonchev–Trinajstić information content (AvgIpc) is 3.21. The Hall–Kier alpha value is -1.84. The van der Waals surface area contributed by atoms with Crippen molar-refractivity contribution < 1.29 is 4.79 Å². The van der Waals surface area contributed by atoms with Crippen LogP contribution in [0.3, 0.4) is 0 Å². The van der Waals surface area contributed by atoms with Gasteiger partial charge in [0.05, 0.1) is 22.9 Å². The summed E-state index contributed by atoms with van der Waals surface area (Å²) in [5, 5.41) is 3.34. The van der Waals surface area contributed by atoms with E-state index in [2.05, 4.69) is 15.3 Å². The minimum absolute atomic E-state index is 0.151. The van der Waals surface area contributed by atoms with Crippen molar-refractivity contribution in [1.82, 2.24) is 9.97 Å². The maximum atomic E-state index is 13.2. The van der Waals surface area contributed by atoms with Gasteiger partial charge in [-0.3, -0.25) is 9.78 Å². The molecule has 158 valence electrons. The highest BCUT2D eigenvalue weighted by Crippen LogP contribution is 2.38. The molecular weight excluding hydrogens is 358 g/mol. The molecule has 0 spiro atoms. The van der Waals surface area contributed by atoms with Gasteiger partial charge < -0.3 is 10.3 Å². The predicted octanol–water partition coefficient (Wildman–Crippen LogP) is 7.08. The Morgan fingerprint density at radius 2 is 1.45 bits per heavy atom. The van der Waals surface area contributed by atoms with Gasteiger partial charge in [-0.15, -0.1) is 0 Å². The molecule has 29 heavy (non-hydrogen) atoms. The molecule has 0 aromatic carbocycles. The number of carbonyl (C=O) groups is 1. The molecule has 4 heteroatoms. The molecule has 1 amide bonds. The number of nitrogens with zero attached hydrogens (tertiary/aromatic N) is 1. The van der Waals surface area contributed by atoms with E-state index >= 15 is 0 Å². The van der Waals surface area contributed by atoms with Gasteiger partial charge in [0.1, 0.15) is 0 Å². The summed E-state index contributed by atoms with van der Waals surface area (Å²) in [6.45, 7) is 0. The summed E-state index contributed by atoms with van der Waals surface area (Å²) >= 11 is 0. The highest BCUT2D eigenvalue weighted by molar-refractivity contribution is 5.96. The molecule has 2 N–H and O–H groups in total. The van der Waals surface area contributed by atoms with Gasteiger partial charge in [-0.1, -0.05) is 70.6 Å². The fraction of sp³-hybridized carbons (Fsp3) is 0.680. The normalized spacial score (nSPS) is 21.0. The number of rotatable bonds is 3. The number of H-pyrrole nitrogens is 1. The lowest BCUT2D eigenvalue weighted by molar-refractivity contribution is -0.120. The first-order valence-corrected chi connectivity index (χ1v) is 12.1. The smallest absolute Gasteiger partial charge is 0.227 e. The number of aromatic nitrogens is 2. The van der Waals surface area contributed by atoms with Crippen molar-refractivity contribution in [3.8, 4) is 0 Å². The van der Waals surface area contributed by atoms with Gasteiger partial charge in [0.25, 0.3) is 0 Å². The van der Waals surface area contributed by atoms with Crippen molar-refractivity contribution >= 4 is 22.6 Å². The van der Waals surface area contributed by atoms with Crippen LogP contribution in [0.5, 0.6) is 0 Å². The van der Waals surface area contributed by atoms with Crippen LogP contribution in [0.15, 0.2) is 18.5 Å². The van der Waals surface area contributed by atoms with E-state index in [1.165, 1.54) is 89.0 Å². The Bertz CT molecular complexity index is 778. The van der Waals surface area contributed by atoms with Gasteiger partial charge >= 0.3 is 0 Å². The third-order valence-corrected chi connectivity index (χ3v) is 7.11. The standard InChI is InChI=1S/C25H37N3O/c29-25(20-14-10-4-1-2-5-11-15-20)28-22-18-27-21-16-17-26-24(21)23(22)19-12-8-6-3-7-9-13-19/h16-20,26H,1-15H2,(H,28,29). The van der Waals surface area contributed by atoms with E-state index in [9.17, 15) is 4.79 Å². The van der Waals surface area contributed by atoms with E-state index in [0.717, 1.165) is 29.6 Å². The molecule has 4 nitrogen and oxygen atoms in total. The Kier molecular flexibility index (Phi) is 7.23. The van der Waals surface area contributed by atoms with E-state index in [1.54, 1.807) is 0 Å². The van der Waals surface area contributed by atoms with Crippen LogP contribution in [0, 0.1) is 5.92 Å². The number of anilines is 1. The summed E-state index contributed by atoms with van der Waals surface area (Å²) in [6.07, 6.45) is 22.5. The summed E-state index contributed by atoms with van der Waals surface area (Å²) in [7, 11) is 0. The molecule has 2 aromatic heterocycles. The maximum absolute atomic E-state index is 13.2. The summed E-state index contributed by atoms with van der Waals surface area (Å²) in [5.41, 5.74) is 4.40. The highest BCUT2D eigenvalue weighted by atomic mass is 16.1. The molecule has 0 aliphatic heterocycles. The topological polar surface area (TPSA) is 57.8 Å². The van der Waals surface area contributed by atoms with E-state index in [4.69, 9.17) is 0 Å². The van der Waals surface area contributed by atoms with E-state index in [0.29, 0.717) is 5.92 Å². The van der Waals surface area contributed by atoms with Crippen LogP contribution in [-0.4, -0.2) is 15.9 Å².